The summed E-state index contributed by atoms with van der Waals surface area (Å²) in [5.74, 6) is 3.15. The molecule has 0 spiro atoms. The number of methoxy groups -OCH3 is 4. The van der Waals surface area contributed by atoms with Crippen molar-refractivity contribution in [2.45, 2.75) is 46.6 Å². The Balaban J connectivity index is 1.77. The minimum atomic E-state index is -2.93. The zero-order chi connectivity index (χ0) is 33.2. The Bertz CT molecular complexity index is 1760. The lowest BCUT2D eigenvalue weighted by molar-refractivity contribution is 0.324. The standard InChI is InChI=1S/C39H45NO5Si/c1-26-27(2)37(29-23-35(42-8)38(44-10)36(24-29)43-9)40(28(26)3)30-21-22-33(41-7)34(25-30)45-46(39(4,5)6,31-17-13-11-14-18-31)32-19-15-12-16-20-32/h11-25H,1-10H3. The van der Waals surface area contributed by atoms with E-state index in [0.29, 0.717) is 28.7 Å². The molecule has 240 valence electrons. The van der Waals surface area contributed by atoms with Gasteiger partial charge in [-0.1, -0.05) is 81.4 Å². The number of ether oxygens (including phenoxy) is 4. The molecule has 1 aromatic heterocycles. The normalized spacial score (nSPS) is 11.7. The first-order chi connectivity index (χ1) is 22.0. The van der Waals surface area contributed by atoms with Gasteiger partial charge >= 0.3 is 8.32 Å². The van der Waals surface area contributed by atoms with Crippen molar-refractivity contribution in [3.05, 3.63) is 108 Å². The summed E-state index contributed by atoms with van der Waals surface area (Å²) in [7, 11) is 3.67. The van der Waals surface area contributed by atoms with Gasteiger partial charge in [0.05, 0.1) is 34.1 Å². The second-order valence-electron chi connectivity index (χ2n) is 12.5. The molecule has 0 N–H and O–H groups in total. The molecule has 46 heavy (non-hydrogen) atoms. The molecule has 5 aromatic rings. The molecule has 0 saturated heterocycles. The summed E-state index contributed by atoms with van der Waals surface area (Å²) in [6.45, 7) is 13.3. The third-order valence-electron chi connectivity index (χ3n) is 9.04. The van der Waals surface area contributed by atoms with Crippen molar-refractivity contribution in [1.82, 2.24) is 4.57 Å². The van der Waals surface area contributed by atoms with Crippen molar-refractivity contribution in [1.29, 1.82) is 0 Å². The van der Waals surface area contributed by atoms with Crippen molar-refractivity contribution in [3.63, 3.8) is 0 Å². The molecule has 0 fully saturated rings. The highest BCUT2D eigenvalue weighted by Crippen LogP contribution is 2.45. The molecule has 1 heterocycles. The number of rotatable bonds is 10. The van der Waals surface area contributed by atoms with Gasteiger partial charge in [0.25, 0.3) is 0 Å². The molecule has 0 radical (unpaired) electrons. The van der Waals surface area contributed by atoms with Crippen molar-refractivity contribution in [2.24, 2.45) is 0 Å². The van der Waals surface area contributed by atoms with Crippen LogP contribution < -0.4 is 33.7 Å². The predicted molar refractivity (Wildman–Crippen MR) is 190 cm³/mol. The Morgan fingerprint density at radius 2 is 1.09 bits per heavy atom. The van der Waals surface area contributed by atoms with Gasteiger partial charge in [-0.15, -0.1) is 0 Å². The summed E-state index contributed by atoms with van der Waals surface area (Å²) < 4.78 is 32.8. The zero-order valence-corrected chi connectivity index (χ0v) is 29.6. The Kier molecular flexibility index (Phi) is 9.26. The van der Waals surface area contributed by atoms with Crippen LogP contribution >= 0.6 is 0 Å². The van der Waals surface area contributed by atoms with E-state index in [9.17, 15) is 0 Å². The van der Waals surface area contributed by atoms with E-state index >= 15 is 0 Å². The van der Waals surface area contributed by atoms with Crippen LogP contribution in [0.25, 0.3) is 16.9 Å². The summed E-state index contributed by atoms with van der Waals surface area (Å²) >= 11 is 0. The minimum Gasteiger partial charge on any atom is -0.531 e. The number of hydrogen-bond donors (Lipinski definition) is 0. The molecule has 0 bridgehead atoms. The molecule has 5 rings (SSSR count). The third kappa shape index (κ3) is 5.53. The van der Waals surface area contributed by atoms with Gasteiger partial charge in [0.2, 0.25) is 5.75 Å². The summed E-state index contributed by atoms with van der Waals surface area (Å²) in [4.78, 5) is 0. The first kappa shape index (κ1) is 32.8. The van der Waals surface area contributed by atoms with Crippen molar-refractivity contribution < 1.29 is 23.4 Å². The summed E-state index contributed by atoms with van der Waals surface area (Å²) in [5.41, 5.74) is 6.45. The van der Waals surface area contributed by atoms with Crippen LogP contribution in [-0.2, 0) is 0 Å². The third-order valence-corrected chi connectivity index (χ3v) is 14.0. The fourth-order valence-corrected chi connectivity index (χ4v) is 11.0. The van der Waals surface area contributed by atoms with Gasteiger partial charge in [-0.25, -0.2) is 0 Å². The Morgan fingerprint density at radius 1 is 0.565 bits per heavy atom. The maximum absolute atomic E-state index is 7.49. The highest BCUT2D eigenvalue weighted by atomic mass is 28.4. The highest BCUT2D eigenvalue weighted by molar-refractivity contribution is 7.00. The number of nitrogens with zero attached hydrogens (tertiary/aromatic N) is 1. The Hall–Kier alpha value is -4.62. The van der Waals surface area contributed by atoms with E-state index in [0.717, 1.165) is 28.2 Å². The van der Waals surface area contributed by atoms with Crippen molar-refractivity contribution in [2.75, 3.05) is 28.4 Å². The SMILES string of the molecule is COc1ccc(-n2c(C)c(C)c(C)c2-c2cc(OC)c(OC)c(OC)c2)cc1O[Si](c1ccccc1)(c1ccccc1)C(C)(C)C. The van der Waals surface area contributed by atoms with E-state index in [1.54, 1.807) is 28.4 Å². The van der Waals surface area contributed by atoms with Gasteiger partial charge in [-0.3, -0.25) is 0 Å². The van der Waals surface area contributed by atoms with Crippen LogP contribution in [0.1, 0.15) is 37.6 Å². The monoisotopic (exact) mass is 635 g/mol. The molecule has 4 aromatic carbocycles. The van der Waals surface area contributed by atoms with Gasteiger partial charge in [-0.2, -0.15) is 0 Å². The van der Waals surface area contributed by atoms with Crippen LogP contribution in [0.15, 0.2) is 91.0 Å². The smallest absolute Gasteiger partial charge is 0.320 e. The first-order valence-electron chi connectivity index (χ1n) is 15.5. The Labute approximate surface area is 274 Å². The van der Waals surface area contributed by atoms with E-state index in [2.05, 4.69) is 119 Å². The lowest BCUT2D eigenvalue weighted by Gasteiger charge is -2.43. The molecule has 0 aliphatic carbocycles. The highest BCUT2D eigenvalue weighted by Gasteiger charge is 2.52. The average Bonchev–Trinajstić information content (AvgIpc) is 3.30. The minimum absolute atomic E-state index is 0.214. The van der Waals surface area contributed by atoms with E-state index in [1.807, 2.05) is 18.2 Å². The average molecular weight is 636 g/mol. The largest absolute Gasteiger partial charge is 0.531 e. The van der Waals surface area contributed by atoms with Gasteiger partial charge in [0.1, 0.15) is 5.75 Å². The lowest BCUT2D eigenvalue weighted by Crippen LogP contribution is -2.68. The van der Waals surface area contributed by atoms with Crippen LogP contribution in [0, 0.1) is 20.8 Å². The van der Waals surface area contributed by atoms with E-state index in [4.69, 9.17) is 23.4 Å². The van der Waals surface area contributed by atoms with Gasteiger partial charge < -0.3 is 27.9 Å². The summed E-state index contributed by atoms with van der Waals surface area (Å²) in [6.07, 6.45) is 0. The Morgan fingerprint density at radius 3 is 1.54 bits per heavy atom. The molecular weight excluding hydrogens is 591 g/mol. The maximum Gasteiger partial charge on any atom is 0.320 e. The molecule has 0 unspecified atom stereocenters. The molecule has 7 heteroatoms. The van der Waals surface area contributed by atoms with Gasteiger partial charge in [0, 0.05) is 23.0 Å². The van der Waals surface area contributed by atoms with Gasteiger partial charge in [-0.05, 0) is 71.6 Å². The summed E-state index contributed by atoms with van der Waals surface area (Å²) in [6, 6.07) is 31.5. The van der Waals surface area contributed by atoms with Gasteiger partial charge in [0.15, 0.2) is 17.2 Å². The lowest BCUT2D eigenvalue weighted by atomic mass is 10.0. The molecule has 0 aliphatic rings. The molecule has 0 aliphatic heterocycles. The number of benzene rings is 4. The zero-order valence-electron chi connectivity index (χ0n) is 28.6. The van der Waals surface area contributed by atoms with Crippen LogP contribution in [-0.4, -0.2) is 41.3 Å². The topological polar surface area (TPSA) is 51.1 Å². The van der Waals surface area contributed by atoms with E-state index < -0.39 is 8.32 Å². The predicted octanol–water partition coefficient (Wildman–Crippen LogP) is 8.04. The van der Waals surface area contributed by atoms with Crippen molar-refractivity contribution >= 4 is 18.7 Å². The number of aromatic nitrogens is 1. The summed E-state index contributed by atoms with van der Waals surface area (Å²) in [5, 5.41) is 2.18. The second kappa shape index (κ2) is 13.0. The van der Waals surface area contributed by atoms with Crippen LogP contribution in [0.3, 0.4) is 0 Å². The fourth-order valence-electron chi connectivity index (χ4n) is 6.54. The van der Waals surface area contributed by atoms with Crippen LogP contribution in [0.2, 0.25) is 5.04 Å². The molecule has 0 saturated carbocycles. The van der Waals surface area contributed by atoms with Crippen LogP contribution in [0.5, 0.6) is 28.7 Å². The van der Waals surface area contributed by atoms with Crippen LogP contribution in [0.4, 0.5) is 0 Å². The first-order valence-corrected chi connectivity index (χ1v) is 17.4. The molecule has 0 atom stereocenters. The van der Waals surface area contributed by atoms with E-state index in [1.165, 1.54) is 15.9 Å². The maximum atomic E-state index is 7.49. The molecular formula is C39H45NO5Si. The fraction of sp³-hybridized carbons (Fsp3) is 0.282. The molecule has 0 amide bonds. The second-order valence-corrected chi connectivity index (χ2v) is 16.8. The molecule has 6 nitrogen and oxygen atoms in total. The van der Waals surface area contributed by atoms with Crippen molar-refractivity contribution in [3.8, 4) is 45.7 Å². The number of hydrogen-bond acceptors (Lipinski definition) is 5. The quantitative estimate of drug-likeness (QED) is 0.145. The van der Waals surface area contributed by atoms with E-state index in [-0.39, 0.29) is 5.04 Å².